The highest BCUT2D eigenvalue weighted by atomic mass is 35.5. The van der Waals surface area contributed by atoms with Crippen LogP contribution < -0.4 is 5.32 Å². The lowest BCUT2D eigenvalue weighted by Crippen LogP contribution is -2.44. The predicted octanol–water partition coefficient (Wildman–Crippen LogP) is 2.71. The molecule has 26 heavy (non-hydrogen) atoms. The molecule has 1 aliphatic carbocycles. The van der Waals surface area contributed by atoms with Crippen LogP contribution in [0, 0.1) is 11.8 Å². The molecule has 1 aliphatic heterocycles. The fourth-order valence-electron chi connectivity index (χ4n) is 3.61. The summed E-state index contributed by atoms with van der Waals surface area (Å²) in [5.74, 6) is 0.627. The first-order valence-electron chi connectivity index (χ1n) is 9.44. The van der Waals surface area contributed by atoms with Crippen LogP contribution in [0.4, 0.5) is 0 Å². The zero-order valence-corrected chi connectivity index (χ0v) is 16.3. The van der Waals surface area contributed by atoms with Crippen molar-refractivity contribution < 1.29 is 9.59 Å². The van der Waals surface area contributed by atoms with Crippen LogP contribution in [0.1, 0.15) is 37.3 Å². The molecule has 1 aromatic rings. The Hall–Kier alpha value is -1.59. The van der Waals surface area contributed by atoms with E-state index in [0.717, 1.165) is 31.2 Å². The molecular weight excluding hydrogens is 350 g/mol. The maximum Gasteiger partial charge on any atom is 0.225 e. The summed E-state index contributed by atoms with van der Waals surface area (Å²) in [6.45, 7) is 1.93. The third kappa shape index (κ3) is 4.57. The molecule has 0 spiro atoms. The Morgan fingerprint density at radius 3 is 2.38 bits per heavy atom. The van der Waals surface area contributed by atoms with E-state index in [0.29, 0.717) is 24.7 Å². The van der Waals surface area contributed by atoms with E-state index in [1.54, 1.807) is 0 Å². The quantitative estimate of drug-likeness (QED) is 0.829. The van der Waals surface area contributed by atoms with Gasteiger partial charge in [0, 0.05) is 36.5 Å². The number of hydrogen-bond acceptors (Lipinski definition) is 3. The van der Waals surface area contributed by atoms with E-state index < -0.39 is 0 Å². The number of nitrogens with one attached hydrogen (secondary N) is 1. The van der Waals surface area contributed by atoms with Crippen LogP contribution in [-0.2, 0) is 9.59 Å². The molecule has 0 radical (unpaired) electrons. The van der Waals surface area contributed by atoms with Crippen LogP contribution in [0.2, 0.25) is 5.02 Å². The zero-order valence-electron chi connectivity index (χ0n) is 15.6. The molecule has 1 N–H and O–H groups in total. The summed E-state index contributed by atoms with van der Waals surface area (Å²) in [6.07, 6.45) is 3.58. The van der Waals surface area contributed by atoms with Crippen LogP contribution in [0.15, 0.2) is 24.3 Å². The molecule has 2 aliphatic rings. The van der Waals surface area contributed by atoms with E-state index in [2.05, 4.69) is 10.2 Å². The van der Waals surface area contributed by atoms with Crippen LogP contribution >= 0.6 is 11.6 Å². The van der Waals surface area contributed by atoms with Crippen molar-refractivity contribution in [2.75, 3.05) is 33.7 Å². The lowest BCUT2D eigenvalue weighted by atomic mass is 9.95. The number of carbonyl (C=O) groups excluding carboxylic acids is 2. The highest BCUT2D eigenvalue weighted by Gasteiger charge is 2.36. The maximum absolute atomic E-state index is 12.6. The highest BCUT2D eigenvalue weighted by molar-refractivity contribution is 6.31. The second kappa shape index (κ2) is 8.40. The Morgan fingerprint density at radius 2 is 1.81 bits per heavy atom. The van der Waals surface area contributed by atoms with Gasteiger partial charge in [0.25, 0.3) is 0 Å². The number of piperidine rings is 1. The molecular formula is C20H28ClN3O2. The number of amides is 2. The average molecular weight is 378 g/mol. The van der Waals surface area contributed by atoms with E-state index in [4.69, 9.17) is 11.6 Å². The molecule has 2 amide bonds. The van der Waals surface area contributed by atoms with Gasteiger partial charge in [0.15, 0.2) is 0 Å². The molecule has 3 rings (SSSR count). The Balaban J connectivity index is 1.51. The molecule has 0 aromatic heterocycles. The monoisotopic (exact) mass is 377 g/mol. The molecule has 1 aromatic carbocycles. The molecule has 142 valence electrons. The van der Waals surface area contributed by atoms with Crippen LogP contribution in [0.3, 0.4) is 0 Å². The first kappa shape index (κ1) is 19.2. The van der Waals surface area contributed by atoms with Crippen molar-refractivity contribution in [3.63, 3.8) is 0 Å². The molecule has 5 nitrogen and oxygen atoms in total. The maximum atomic E-state index is 12.6. The molecule has 1 heterocycles. The lowest BCUT2D eigenvalue weighted by Gasteiger charge is -2.32. The van der Waals surface area contributed by atoms with Gasteiger partial charge in [-0.2, -0.15) is 0 Å². The van der Waals surface area contributed by atoms with Gasteiger partial charge in [0.05, 0.1) is 6.04 Å². The Kier molecular flexibility index (Phi) is 6.20. The summed E-state index contributed by atoms with van der Waals surface area (Å²) < 4.78 is 0. The van der Waals surface area contributed by atoms with E-state index in [-0.39, 0.29) is 29.7 Å². The van der Waals surface area contributed by atoms with Crippen molar-refractivity contribution in [2.45, 2.75) is 31.7 Å². The minimum absolute atomic E-state index is 0.00712. The number of carbonyl (C=O) groups is 2. The highest BCUT2D eigenvalue weighted by Crippen LogP contribution is 2.32. The van der Waals surface area contributed by atoms with Crippen LogP contribution in [0.25, 0.3) is 0 Å². The minimum Gasteiger partial charge on any atom is -0.354 e. The fourth-order valence-corrected chi connectivity index (χ4v) is 3.87. The molecule has 1 saturated heterocycles. The van der Waals surface area contributed by atoms with E-state index in [9.17, 15) is 9.59 Å². The number of nitrogens with zero attached hydrogens (tertiary/aromatic N) is 2. The summed E-state index contributed by atoms with van der Waals surface area (Å²) in [5, 5.41) is 3.81. The minimum atomic E-state index is -0.00712. The van der Waals surface area contributed by atoms with Gasteiger partial charge in [-0.15, -0.1) is 0 Å². The number of benzene rings is 1. The topological polar surface area (TPSA) is 52.7 Å². The Morgan fingerprint density at radius 1 is 1.15 bits per heavy atom. The van der Waals surface area contributed by atoms with E-state index in [1.165, 1.54) is 0 Å². The van der Waals surface area contributed by atoms with Crippen molar-refractivity contribution in [1.29, 1.82) is 0 Å². The number of likely N-dealkylation sites (tertiary alicyclic amines) is 1. The SMILES string of the molecule is CN(C)[C@@H](CNC(=O)C1CCN(C(=O)C2CC2)CC1)c1ccccc1Cl. The van der Waals surface area contributed by atoms with Gasteiger partial charge < -0.3 is 15.1 Å². The zero-order chi connectivity index (χ0) is 18.7. The first-order valence-corrected chi connectivity index (χ1v) is 9.82. The van der Waals surface area contributed by atoms with Gasteiger partial charge in [0.1, 0.15) is 0 Å². The van der Waals surface area contributed by atoms with Crippen molar-refractivity contribution in [2.24, 2.45) is 11.8 Å². The second-order valence-electron chi connectivity index (χ2n) is 7.62. The van der Waals surface area contributed by atoms with Gasteiger partial charge in [0.2, 0.25) is 11.8 Å². The third-order valence-corrected chi connectivity index (χ3v) is 5.81. The van der Waals surface area contributed by atoms with Gasteiger partial charge in [-0.1, -0.05) is 29.8 Å². The molecule has 0 unspecified atom stereocenters. The molecule has 6 heteroatoms. The van der Waals surface area contributed by atoms with Crippen molar-refractivity contribution in [3.8, 4) is 0 Å². The standard InChI is InChI=1S/C20H28ClN3O2/c1-23(2)18(16-5-3-4-6-17(16)21)13-22-19(25)14-9-11-24(12-10-14)20(26)15-7-8-15/h3-6,14-15,18H,7-13H2,1-2H3,(H,22,25)/t18-/m0/s1. The first-order chi connectivity index (χ1) is 12.5. The fraction of sp³-hybridized carbons (Fsp3) is 0.600. The Labute approximate surface area is 160 Å². The average Bonchev–Trinajstić information content (AvgIpc) is 3.47. The van der Waals surface area contributed by atoms with E-state index >= 15 is 0 Å². The Bertz CT molecular complexity index is 652. The number of rotatable bonds is 6. The van der Waals surface area contributed by atoms with Crippen molar-refractivity contribution in [3.05, 3.63) is 34.9 Å². The smallest absolute Gasteiger partial charge is 0.225 e. The van der Waals surface area contributed by atoms with E-state index in [1.807, 2.05) is 43.3 Å². The van der Waals surface area contributed by atoms with Crippen LogP contribution in [0.5, 0.6) is 0 Å². The molecule has 2 fully saturated rings. The second-order valence-corrected chi connectivity index (χ2v) is 8.03. The number of hydrogen-bond donors (Lipinski definition) is 1. The summed E-state index contributed by atoms with van der Waals surface area (Å²) in [6, 6.07) is 7.78. The number of likely N-dealkylation sites (N-methyl/N-ethyl adjacent to an activating group) is 1. The molecule has 1 saturated carbocycles. The van der Waals surface area contributed by atoms with Gasteiger partial charge in [-0.3, -0.25) is 9.59 Å². The predicted molar refractivity (Wildman–Crippen MR) is 103 cm³/mol. The normalized spacial score (nSPS) is 19.5. The lowest BCUT2D eigenvalue weighted by molar-refractivity contribution is -0.136. The van der Waals surface area contributed by atoms with Crippen LogP contribution in [-0.4, -0.2) is 55.3 Å². The summed E-state index contributed by atoms with van der Waals surface area (Å²) >= 11 is 6.33. The van der Waals surface area contributed by atoms with Crippen molar-refractivity contribution in [1.82, 2.24) is 15.1 Å². The molecule has 1 atom stereocenters. The van der Waals surface area contributed by atoms with Gasteiger partial charge >= 0.3 is 0 Å². The molecule has 0 bridgehead atoms. The van der Waals surface area contributed by atoms with Gasteiger partial charge in [-0.25, -0.2) is 0 Å². The summed E-state index contributed by atoms with van der Waals surface area (Å²) in [7, 11) is 3.98. The summed E-state index contributed by atoms with van der Waals surface area (Å²) in [5.41, 5.74) is 1.02. The van der Waals surface area contributed by atoms with Crippen molar-refractivity contribution >= 4 is 23.4 Å². The largest absolute Gasteiger partial charge is 0.354 e. The number of halogens is 1. The summed E-state index contributed by atoms with van der Waals surface area (Å²) in [4.78, 5) is 28.7. The third-order valence-electron chi connectivity index (χ3n) is 5.46. The van der Waals surface area contributed by atoms with Gasteiger partial charge in [-0.05, 0) is 51.4 Å².